The summed E-state index contributed by atoms with van der Waals surface area (Å²) in [5.41, 5.74) is 3.02. The lowest BCUT2D eigenvalue weighted by Gasteiger charge is -2.17. The minimum atomic E-state index is 0.114. The fourth-order valence-electron chi connectivity index (χ4n) is 3.47. The lowest BCUT2D eigenvalue weighted by molar-refractivity contribution is 0.0787. The molecule has 4 heteroatoms. The zero-order valence-electron chi connectivity index (χ0n) is 15.1. The van der Waals surface area contributed by atoms with Gasteiger partial charge in [-0.15, -0.1) is 0 Å². The van der Waals surface area contributed by atoms with Crippen molar-refractivity contribution < 1.29 is 14.3 Å². The summed E-state index contributed by atoms with van der Waals surface area (Å²) in [5, 5.41) is 0. The topological polar surface area (TPSA) is 38.8 Å². The molecule has 1 atom stereocenters. The predicted molar refractivity (Wildman–Crippen MR) is 98.4 cm³/mol. The molecule has 0 spiro atoms. The van der Waals surface area contributed by atoms with Crippen LogP contribution in [0.25, 0.3) is 0 Å². The van der Waals surface area contributed by atoms with E-state index in [0.29, 0.717) is 5.92 Å². The van der Waals surface area contributed by atoms with Crippen LogP contribution in [0.5, 0.6) is 11.5 Å². The Labute approximate surface area is 149 Å². The Morgan fingerprint density at radius 1 is 1.12 bits per heavy atom. The SMILES string of the molecule is COc1ccc(CC2CCN(C(=O)c3ccc(OC)c(C)c3)C2)cc1. The molecule has 1 heterocycles. The molecule has 0 bridgehead atoms. The van der Waals surface area contributed by atoms with Gasteiger partial charge in [0.05, 0.1) is 14.2 Å². The van der Waals surface area contributed by atoms with Crippen molar-refractivity contribution in [1.82, 2.24) is 4.90 Å². The summed E-state index contributed by atoms with van der Waals surface area (Å²) < 4.78 is 10.5. The summed E-state index contributed by atoms with van der Waals surface area (Å²) >= 11 is 0. The number of nitrogens with zero attached hydrogens (tertiary/aromatic N) is 1. The maximum absolute atomic E-state index is 12.7. The van der Waals surface area contributed by atoms with Crippen molar-refractivity contribution in [3.8, 4) is 11.5 Å². The zero-order valence-corrected chi connectivity index (χ0v) is 15.1. The van der Waals surface area contributed by atoms with E-state index in [4.69, 9.17) is 9.47 Å². The third-order valence-electron chi connectivity index (χ3n) is 4.90. The summed E-state index contributed by atoms with van der Waals surface area (Å²) in [6, 6.07) is 13.8. The quantitative estimate of drug-likeness (QED) is 0.833. The van der Waals surface area contributed by atoms with E-state index in [2.05, 4.69) is 12.1 Å². The minimum Gasteiger partial charge on any atom is -0.497 e. The van der Waals surface area contributed by atoms with Gasteiger partial charge in [-0.3, -0.25) is 4.79 Å². The number of likely N-dealkylation sites (tertiary alicyclic amines) is 1. The van der Waals surface area contributed by atoms with E-state index >= 15 is 0 Å². The van der Waals surface area contributed by atoms with Gasteiger partial charge in [-0.25, -0.2) is 0 Å². The van der Waals surface area contributed by atoms with Crippen LogP contribution >= 0.6 is 0 Å². The molecule has 1 unspecified atom stereocenters. The highest BCUT2D eigenvalue weighted by atomic mass is 16.5. The maximum Gasteiger partial charge on any atom is 0.253 e. The zero-order chi connectivity index (χ0) is 17.8. The van der Waals surface area contributed by atoms with Gasteiger partial charge in [0.15, 0.2) is 0 Å². The van der Waals surface area contributed by atoms with Gasteiger partial charge in [0.25, 0.3) is 5.91 Å². The molecule has 2 aromatic rings. The van der Waals surface area contributed by atoms with Crippen LogP contribution in [-0.4, -0.2) is 38.1 Å². The molecule has 1 aliphatic heterocycles. The molecule has 0 N–H and O–H groups in total. The Balaban J connectivity index is 1.61. The van der Waals surface area contributed by atoms with Crippen LogP contribution in [0.1, 0.15) is 27.9 Å². The first-order valence-corrected chi connectivity index (χ1v) is 8.67. The molecular weight excluding hydrogens is 314 g/mol. The second-order valence-electron chi connectivity index (χ2n) is 6.64. The van der Waals surface area contributed by atoms with E-state index in [9.17, 15) is 4.79 Å². The third-order valence-corrected chi connectivity index (χ3v) is 4.90. The number of rotatable bonds is 5. The molecule has 0 aromatic heterocycles. The normalized spacial score (nSPS) is 16.8. The number of ether oxygens (including phenoxy) is 2. The van der Waals surface area contributed by atoms with Gasteiger partial charge in [0, 0.05) is 18.7 Å². The number of hydrogen-bond acceptors (Lipinski definition) is 3. The monoisotopic (exact) mass is 339 g/mol. The van der Waals surface area contributed by atoms with Crippen LogP contribution in [0.2, 0.25) is 0 Å². The summed E-state index contributed by atoms with van der Waals surface area (Å²) in [6.07, 6.45) is 2.04. The third kappa shape index (κ3) is 3.95. The fourth-order valence-corrected chi connectivity index (χ4v) is 3.47. The van der Waals surface area contributed by atoms with Gasteiger partial charge in [0.2, 0.25) is 0 Å². The molecule has 1 fully saturated rings. The average molecular weight is 339 g/mol. The molecule has 25 heavy (non-hydrogen) atoms. The number of aryl methyl sites for hydroxylation is 1. The van der Waals surface area contributed by atoms with Crippen molar-refractivity contribution in [3.05, 3.63) is 59.2 Å². The molecule has 0 radical (unpaired) electrons. The lowest BCUT2D eigenvalue weighted by Crippen LogP contribution is -2.29. The second-order valence-corrected chi connectivity index (χ2v) is 6.64. The van der Waals surface area contributed by atoms with Gasteiger partial charge < -0.3 is 14.4 Å². The standard InChI is InChI=1S/C21H25NO3/c1-15-12-18(6-9-20(15)25-3)21(23)22-11-10-17(14-22)13-16-4-7-19(24-2)8-5-16/h4-9,12,17H,10-11,13-14H2,1-3H3. The number of methoxy groups -OCH3 is 2. The van der Waals surface area contributed by atoms with Crippen molar-refractivity contribution in [2.45, 2.75) is 19.8 Å². The Bertz CT molecular complexity index is 739. The van der Waals surface area contributed by atoms with Gasteiger partial charge in [-0.1, -0.05) is 12.1 Å². The van der Waals surface area contributed by atoms with Gasteiger partial charge >= 0.3 is 0 Å². The first-order chi connectivity index (χ1) is 12.1. The molecule has 2 aromatic carbocycles. The first-order valence-electron chi connectivity index (χ1n) is 8.67. The molecule has 1 aliphatic rings. The van der Waals surface area contributed by atoms with Crippen molar-refractivity contribution >= 4 is 5.91 Å². The Morgan fingerprint density at radius 3 is 2.52 bits per heavy atom. The van der Waals surface area contributed by atoms with E-state index in [1.807, 2.05) is 42.2 Å². The summed E-state index contributed by atoms with van der Waals surface area (Å²) in [4.78, 5) is 14.7. The highest BCUT2D eigenvalue weighted by Crippen LogP contribution is 2.25. The average Bonchev–Trinajstić information content (AvgIpc) is 3.10. The van der Waals surface area contributed by atoms with Gasteiger partial charge in [0.1, 0.15) is 11.5 Å². The fraction of sp³-hybridized carbons (Fsp3) is 0.381. The van der Waals surface area contributed by atoms with Gasteiger partial charge in [-0.2, -0.15) is 0 Å². The van der Waals surface area contributed by atoms with E-state index in [1.165, 1.54) is 5.56 Å². The van der Waals surface area contributed by atoms with Crippen LogP contribution in [0.4, 0.5) is 0 Å². The Morgan fingerprint density at radius 2 is 1.88 bits per heavy atom. The van der Waals surface area contributed by atoms with Crippen LogP contribution < -0.4 is 9.47 Å². The van der Waals surface area contributed by atoms with E-state index in [0.717, 1.165) is 48.6 Å². The highest BCUT2D eigenvalue weighted by Gasteiger charge is 2.27. The minimum absolute atomic E-state index is 0.114. The van der Waals surface area contributed by atoms with Gasteiger partial charge in [-0.05, 0) is 67.1 Å². The Kier molecular flexibility index (Phi) is 5.27. The molecule has 0 aliphatic carbocycles. The van der Waals surface area contributed by atoms with Crippen molar-refractivity contribution in [3.63, 3.8) is 0 Å². The van der Waals surface area contributed by atoms with Crippen molar-refractivity contribution in [2.75, 3.05) is 27.3 Å². The number of carbonyl (C=O) groups excluding carboxylic acids is 1. The Hall–Kier alpha value is -2.49. The second kappa shape index (κ2) is 7.60. The van der Waals surface area contributed by atoms with Crippen LogP contribution in [0, 0.1) is 12.8 Å². The van der Waals surface area contributed by atoms with Crippen LogP contribution in [0.15, 0.2) is 42.5 Å². The smallest absolute Gasteiger partial charge is 0.253 e. The number of carbonyl (C=O) groups is 1. The highest BCUT2D eigenvalue weighted by molar-refractivity contribution is 5.94. The van der Waals surface area contributed by atoms with Crippen molar-refractivity contribution in [2.24, 2.45) is 5.92 Å². The molecule has 1 amide bonds. The molecule has 4 nitrogen and oxygen atoms in total. The van der Waals surface area contributed by atoms with Crippen LogP contribution in [-0.2, 0) is 6.42 Å². The number of amides is 1. The number of hydrogen-bond donors (Lipinski definition) is 0. The maximum atomic E-state index is 12.7. The molecular formula is C21H25NO3. The predicted octanol–water partition coefficient (Wildman–Crippen LogP) is 3.72. The van der Waals surface area contributed by atoms with E-state index < -0.39 is 0 Å². The van der Waals surface area contributed by atoms with E-state index in [-0.39, 0.29) is 5.91 Å². The van der Waals surface area contributed by atoms with E-state index in [1.54, 1.807) is 14.2 Å². The van der Waals surface area contributed by atoms with Crippen molar-refractivity contribution in [1.29, 1.82) is 0 Å². The summed E-state index contributed by atoms with van der Waals surface area (Å²) in [6.45, 7) is 3.60. The lowest BCUT2D eigenvalue weighted by atomic mass is 9.99. The molecule has 1 saturated heterocycles. The largest absolute Gasteiger partial charge is 0.497 e. The summed E-state index contributed by atoms with van der Waals surface area (Å²) in [7, 11) is 3.32. The molecule has 0 saturated carbocycles. The molecule has 132 valence electrons. The summed E-state index contributed by atoms with van der Waals surface area (Å²) in [5.74, 6) is 2.32. The number of benzene rings is 2. The molecule has 3 rings (SSSR count). The first kappa shape index (κ1) is 17.3. The van der Waals surface area contributed by atoms with Crippen LogP contribution in [0.3, 0.4) is 0 Å².